The maximum absolute atomic E-state index is 13.0. The molecule has 0 aliphatic carbocycles. The van der Waals surface area contributed by atoms with Gasteiger partial charge in [0.1, 0.15) is 0 Å². The lowest BCUT2D eigenvalue weighted by Gasteiger charge is -2.27. The van der Waals surface area contributed by atoms with Crippen molar-refractivity contribution in [2.24, 2.45) is 10.8 Å². The van der Waals surface area contributed by atoms with Crippen LogP contribution in [0.5, 0.6) is 0 Å². The van der Waals surface area contributed by atoms with Crippen LogP contribution in [-0.2, 0) is 14.8 Å². The van der Waals surface area contributed by atoms with E-state index in [4.69, 9.17) is 5.11 Å². The smallest absolute Gasteiger partial charge is 0.406 e. The Labute approximate surface area is 122 Å². The molecule has 9 heteroatoms. The number of halogens is 3. The molecule has 124 valence electrons. The number of nitrogens with zero attached hydrogens (tertiary/aromatic N) is 1. The molecule has 5 nitrogen and oxygen atoms in total. The van der Waals surface area contributed by atoms with Gasteiger partial charge in [-0.25, -0.2) is 12.7 Å². The first kappa shape index (κ1) is 18.2. The average molecular weight is 331 g/mol. The second-order valence-electron chi connectivity index (χ2n) is 6.60. The van der Waals surface area contributed by atoms with Crippen molar-refractivity contribution in [3.63, 3.8) is 0 Å². The Bertz CT molecular complexity index is 510. The van der Waals surface area contributed by atoms with Gasteiger partial charge >= 0.3 is 12.1 Å². The molecule has 0 bridgehead atoms. The minimum Gasteiger partial charge on any atom is -0.481 e. The van der Waals surface area contributed by atoms with Crippen LogP contribution < -0.4 is 0 Å². The Morgan fingerprint density at radius 1 is 1.29 bits per heavy atom. The molecule has 0 aromatic carbocycles. The lowest BCUT2D eigenvalue weighted by molar-refractivity contribution is -0.226. The lowest BCUT2D eigenvalue weighted by atomic mass is 9.86. The van der Waals surface area contributed by atoms with Crippen LogP contribution in [0.25, 0.3) is 0 Å². The summed E-state index contributed by atoms with van der Waals surface area (Å²) in [6.45, 7) is 4.01. The van der Waals surface area contributed by atoms with Crippen LogP contribution in [0.3, 0.4) is 0 Å². The van der Waals surface area contributed by atoms with Gasteiger partial charge in [0, 0.05) is 13.1 Å². The minimum atomic E-state index is -4.98. The van der Waals surface area contributed by atoms with Crippen molar-refractivity contribution in [1.82, 2.24) is 4.31 Å². The third-order valence-electron chi connectivity index (χ3n) is 3.69. The molecule has 1 atom stereocenters. The highest BCUT2D eigenvalue weighted by Crippen LogP contribution is 2.46. The van der Waals surface area contributed by atoms with Gasteiger partial charge in [0.15, 0.2) is 5.41 Å². The summed E-state index contributed by atoms with van der Waals surface area (Å²) in [5, 5.41) is 8.90. The van der Waals surface area contributed by atoms with Crippen molar-refractivity contribution in [3.8, 4) is 0 Å². The summed E-state index contributed by atoms with van der Waals surface area (Å²) in [7, 11) is -3.89. The number of carbonyl (C=O) groups is 1. The quantitative estimate of drug-likeness (QED) is 0.856. The van der Waals surface area contributed by atoms with Gasteiger partial charge in [0.2, 0.25) is 10.0 Å². The summed E-state index contributed by atoms with van der Waals surface area (Å²) in [4.78, 5) is 11.0. The standard InChI is InChI=1S/C12H20F3NO4S/c1-10(2,3)5-7-21(19,20)16-6-4-11(8-16,9(17)18)12(13,14)15/h4-8H2,1-3H3,(H,17,18). The second kappa shape index (κ2) is 5.42. The summed E-state index contributed by atoms with van der Waals surface area (Å²) in [6, 6.07) is 0. The molecule has 0 aromatic rings. The molecule has 1 fully saturated rings. The van der Waals surface area contributed by atoms with Crippen LogP contribution in [0.15, 0.2) is 0 Å². The van der Waals surface area contributed by atoms with Crippen LogP contribution >= 0.6 is 0 Å². The highest BCUT2D eigenvalue weighted by molar-refractivity contribution is 7.89. The molecule has 0 amide bonds. The molecule has 0 aromatic heterocycles. The SMILES string of the molecule is CC(C)(C)CCS(=O)(=O)N1CCC(C(=O)O)(C(F)(F)F)C1. The van der Waals surface area contributed by atoms with Crippen molar-refractivity contribution in [3.05, 3.63) is 0 Å². The predicted octanol–water partition coefficient (Wildman–Crippen LogP) is 2.09. The summed E-state index contributed by atoms with van der Waals surface area (Å²) in [6.07, 6.45) is -5.44. The highest BCUT2D eigenvalue weighted by Gasteiger charge is 2.64. The molecule has 0 saturated carbocycles. The molecular weight excluding hydrogens is 311 g/mol. The molecule has 1 aliphatic rings. The molecule has 1 unspecified atom stereocenters. The van der Waals surface area contributed by atoms with Gasteiger partial charge < -0.3 is 5.11 Å². The second-order valence-corrected chi connectivity index (χ2v) is 8.68. The van der Waals surface area contributed by atoms with Gasteiger partial charge in [0.25, 0.3) is 0 Å². The third-order valence-corrected chi connectivity index (χ3v) is 5.51. The fourth-order valence-corrected chi connectivity index (χ4v) is 4.02. The Balaban J connectivity index is 2.93. The number of rotatable bonds is 4. The van der Waals surface area contributed by atoms with Crippen molar-refractivity contribution in [1.29, 1.82) is 0 Å². The Hall–Kier alpha value is -0.830. The lowest BCUT2D eigenvalue weighted by Crippen LogP contribution is -2.48. The summed E-state index contributed by atoms with van der Waals surface area (Å²) in [5.74, 6) is -2.31. The van der Waals surface area contributed by atoms with Crippen LogP contribution in [0, 0.1) is 10.8 Å². The maximum Gasteiger partial charge on any atom is 0.406 e. The first-order valence-electron chi connectivity index (χ1n) is 6.49. The van der Waals surface area contributed by atoms with Crippen molar-refractivity contribution in [2.45, 2.75) is 39.8 Å². The van der Waals surface area contributed by atoms with Gasteiger partial charge in [-0.15, -0.1) is 0 Å². The summed E-state index contributed by atoms with van der Waals surface area (Å²) in [5.41, 5.74) is -3.28. The monoisotopic (exact) mass is 331 g/mol. The van der Waals surface area contributed by atoms with Crippen LogP contribution in [0.1, 0.15) is 33.6 Å². The Morgan fingerprint density at radius 3 is 2.14 bits per heavy atom. The van der Waals surface area contributed by atoms with E-state index >= 15 is 0 Å². The molecule has 0 spiro atoms. The van der Waals surface area contributed by atoms with E-state index in [0.29, 0.717) is 4.31 Å². The van der Waals surface area contributed by atoms with Crippen molar-refractivity contribution >= 4 is 16.0 Å². The fourth-order valence-electron chi connectivity index (χ4n) is 2.10. The van der Waals surface area contributed by atoms with Gasteiger partial charge in [-0.05, 0) is 18.3 Å². The molecule has 1 heterocycles. The van der Waals surface area contributed by atoms with E-state index in [1.807, 2.05) is 20.8 Å². The number of aliphatic carboxylic acids is 1. The Morgan fingerprint density at radius 2 is 1.81 bits per heavy atom. The third kappa shape index (κ3) is 3.88. The van der Waals surface area contributed by atoms with Crippen LogP contribution in [0.4, 0.5) is 13.2 Å². The zero-order valence-corrected chi connectivity index (χ0v) is 13.0. The van der Waals surface area contributed by atoms with Gasteiger partial charge in [-0.3, -0.25) is 4.79 Å². The van der Waals surface area contributed by atoms with Crippen molar-refractivity contribution in [2.75, 3.05) is 18.8 Å². The zero-order valence-electron chi connectivity index (χ0n) is 12.2. The van der Waals surface area contributed by atoms with E-state index in [9.17, 15) is 26.4 Å². The molecule has 1 N–H and O–H groups in total. The van der Waals surface area contributed by atoms with E-state index < -0.39 is 47.1 Å². The molecule has 0 radical (unpaired) electrons. The Kier molecular flexibility index (Phi) is 4.70. The van der Waals surface area contributed by atoms with E-state index in [2.05, 4.69) is 0 Å². The number of hydrogen-bond donors (Lipinski definition) is 1. The van der Waals surface area contributed by atoms with Gasteiger partial charge in [-0.2, -0.15) is 13.2 Å². The first-order valence-corrected chi connectivity index (χ1v) is 8.10. The predicted molar refractivity (Wildman–Crippen MR) is 70.2 cm³/mol. The number of carboxylic acids is 1. The van der Waals surface area contributed by atoms with Gasteiger partial charge in [-0.1, -0.05) is 20.8 Å². The highest BCUT2D eigenvalue weighted by atomic mass is 32.2. The number of hydrogen-bond acceptors (Lipinski definition) is 3. The largest absolute Gasteiger partial charge is 0.481 e. The maximum atomic E-state index is 13.0. The minimum absolute atomic E-state index is 0.277. The van der Waals surface area contributed by atoms with Gasteiger partial charge in [0.05, 0.1) is 5.75 Å². The summed E-state index contributed by atoms with van der Waals surface area (Å²) < 4.78 is 63.8. The van der Waals surface area contributed by atoms with Crippen LogP contribution in [0.2, 0.25) is 0 Å². The number of carboxylic acid groups (broad SMARTS) is 1. The number of alkyl halides is 3. The van der Waals surface area contributed by atoms with E-state index in [1.54, 1.807) is 0 Å². The number of sulfonamides is 1. The first-order chi connectivity index (χ1) is 9.21. The zero-order chi connectivity index (χ0) is 16.7. The molecular formula is C12H20F3NO4S. The van der Waals surface area contributed by atoms with E-state index in [0.717, 1.165) is 0 Å². The fraction of sp³-hybridized carbons (Fsp3) is 0.917. The molecule has 21 heavy (non-hydrogen) atoms. The summed E-state index contributed by atoms with van der Waals surface area (Å²) >= 11 is 0. The molecule has 1 rings (SSSR count). The topological polar surface area (TPSA) is 74.7 Å². The van der Waals surface area contributed by atoms with E-state index in [1.165, 1.54) is 0 Å². The van der Waals surface area contributed by atoms with Crippen molar-refractivity contribution < 1.29 is 31.5 Å². The molecule has 1 saturated heterocycles. The van der Waals surface area contributed by atoms with E-state index in [-0.39, 0.29) is 17.6 Å². The molecule has 1 aliphatic heterocycles. The van der Waals surface area contributed by atoms with Crippen LogP contribution in [-0.4, -0.2) is 48.8 Å². The average Bonchev–Trinajstić information content (AvgIpc) is 2.71. The normalized spacial score (nSPS) is 25.2.